The number of hydrogen-bond donors (Lipinski definition) is 1. The van der Waals surface area contributed by atoms with Crippen LogP contribution in [0.15, 0.2) is 0 Å². The SMILES string of the molecule is [CH2]N1CCCC(CN)C1. The van der Waals surface area contributed by atoms with Gasteiger partial charge >= 0.3 is 0 Å². The van der Waals surface area contributed by atoms with E-state index in [2.05, 4.69) is 11.9 Å². The summed E-state index contributed by atoms with van der Waals surface area (Å²) in [5.74, 6) is 0.705. The van der Waals surface area contributed by atoms with Crippen LogP contribution in [0.2, 0.25) is 0 Å². The molecule has 0 aromatic rings. The molecular weight excluding hydrogens is 112 g/mol. The predicted octanol–water partition coefficient (Wildman–Crippen LogP) is 0.449. The number of likely N-dealkylation sites (tertiary alicyclic amines) is 1. The molecule has 0 amide bonds. The first-order chi connectivity index (χ1) is 4.33. The van der Waals surface area contributed by atoms with Gasteiger partial charge in [-0.2, -0.15) is 0 Å². The van der Waals surface area contributed by atoms with Crippen molar-refractivity contribution in [2.24, 2.45) is 11.7 Å². The zero-order valence-corrected chi connectivity index (χ0v) is 5.84. The Balaban J connectivity index is 2.23. The number of nitrogens with two attached hydrogens (primary N) is 1. The average Bonchev–Trinajstić information content (AvgIpc) is 1.88. The van der Waals surface area contributed by atoms with Crippen LogP contribution in [0.1, 0.15) is 12.8 Å². The zero-order chi connectivity index (χ0) is 6.69. The first-order valence-electron chi connectivity index (χ1n) is 3.58. The third kappa shape index (κ3) is 1.95. The van der Waals surface area contributed by atoms with Gasteiger partial charge in [0.2, 0.25) is 0 Å². The quantitative estimate of drug-likeness (QED) is 0.554. The second-order valence-electron chi connectivity index (χ2n) is 2.82. The molecule has 2 nitrogen and oxygen atoms in total. The monoisotopic (exact) mass is 127 g/mol. The molecule has 1 heterocycles. The Morgan fingerprint density at radius 3 is 2.89 bits per heavy atom. The van der Waals surface area contributed by atoms with E-state index in [1.54, 1.807) is 0 Å². The van der Waals surface area contributed by atoms with Crippen molar-refractivity contribution in [3.63, 3.8) is 0 Å². The average molecular weight is 127 g/mol. The molecule has 2 heteroatoms. The molecular formula is C7H15N2. The molecule has 1 rings (SSSR count). The van der Waals surface area contributed by atoms with Crippen LogP contribution >= 0.6 is 0 Å². The van der Waals surface area contributed by atoms with Crippen molar-refractivity contribution in [3.05, 3.63) is 7.05 Å². The standard InChI is InChI=1S/C7H15N2/c1-9-4-2-3-7(5-8)6-9/h7H,1-6,8H2. The molecule has 1 atom stereocenters. The van der Waals surface area contributed by atoms with Crippen LogP contribution in [0.4, 0.5) is 0 Å². The Morgan fingerprint density at radius 1 is 1.67 bits per heavy atom. The minimum absolute atomic E-state index is 0.705. The van der Waals surface area contributed by atoms with Crippen molar-refractivity contribution in [2.75, 3.05) is 19.6 Å². The molecule has 1 saturated heterocycles. The van der Waals surface area contributed by atoms with Crippen LogP contribution in [0.3, 0.4) is 0 Å². The van der Waals surface area contributed by atoms with Gasteiger partial charge in [-0.1, -0.05) is 0 Å². The smallest absolute Gasteiger partial charge is 0.0109 e. The summed E-state index contributed by atoms with van der Waals surface area (Å²) in [5.41, 5.74) is 5.51. The van der Waals surface area contributed by atoms with Crippen LogP contribution in [0.25, 0.3) is 0 Å². The van der Waals surface area contributed by atoms with Gasteiger partial charge in [-0.3, -0.25) is 0 Å². The summed E-state index contributed by atoms with van der Waals surface area (Å²) in [7, 11) is 3.87. The van der Waals surface area contributed by atoms with Gasteiger partial charge in [0.25, 0.3) is 0 Å². The highest BCUT2D eigenvalue weighted by Gasteiger charge is 2.14. The maximum atomic E-state index is 5.51. The Labute approximate surface area is 57.0 Å². The molecule has 0 spiro atoms. The van der Waals surface area contributed by atoms with E-state index in [0.717, 1.165) is 19.6 Å². The largest absolute Gasteiger partial charge is 0.330 e. The fourth-order valence-corrected chi connectivity index (χ4v) is 1.34. The molecule has 0 aromatic heterocycles. The van der Waals surface area contributed by atoms with Crippen LogP contribution in [0.5, 0.6) is 0 Å². The third-order valence-electron chi connectivity index (χ3n) is 1.94. The second kappa shape index (κ2) is 3.18. The van der Waals surface area contributed by atoms with E-state index < -0.39 is 0 Å². The minimum Gasteiger partial charge on any atom is -0.330 e. The van der Waals surface area contributed by atoms with E-state index >= 15 is 0 Å². The van der Waals surface area contributed by atoms with E-state index in [1.165, 1.54) is 12.8 Å². The molecule has 1 fully saturated rings. The summed E-state index contributed by atoms with van der Waals surface area (Å²) in [5, 5.41) is 0. The maximum Gasteiger partial charge on any atom is 0.0109 e. The lowest BCUT2D eigenvalue weighted by atomic mass is 9.99. The molecule has 0 aliphatic carbocycles. The highest BCUT2D eigenvalue weighted by molar-refractivity contribution is 4.72. The Kier molecular flexibility index (Phi) is 2.49. The highest BCUT2D eigenvalue weighted by atomic mass is 15.1. The van der Waals surface area contributed by atoms with Crippen molar-refractivity contribution in [3.8, 4) is 0 Å². The predicted molar refractivity (Wildman–Crippen MR) is 38.7 cm³/mol. The molecule has 0 aromatic carbocycles. The molecule has 1 radical (unpaired) electrons. The van der Waals surface area contributed by atoms with Crippen molar-refractivity contribution in [2.45, 2.75) is 12.8 Å². The summed E-state index contributed by atoms with van der Waals surface area (Å²) >= 11 is 0. The Bertz CT molecular complexity index is 83.0. The van der Waals surface area contributed by atoms with Gasteiger partial charge in [0.05, 0.1) is 0 Å². The van der Waals surface area contributed by atoms with Gasteiger partial charge in [-0.05, 0) is 31.8 Å². The lowest BCUT2D eigenvalue weighted by molar-refractivity contribution is 0.235. The summed E-state index contributed by atoms with van der Waals surface area (Å²) in [6, 6.07) is 0. The van der Waals surface area contributed by atoms with Gasteiger partial charge in [0.1, 0.15) is 0 Å². The fraction of sp³-hybridized carbons (Fsp3) is 0.857. The highest BCUT2D eigenvalue weighted by Crippen LogP contribution is 2.13. The van der Waals surface area contributed by atoms with E-state index in [9.17, 15) is 0 Å². The van der Waals surface area contributed by atoms with Gasteiger partial charge in [0, 0.05) is 13.6 Å². The number of rotatable bonds is 1. The number of hydrogen-bond acceptors (Lipinski definition) is 2. The van der Waals surface area contributed by atoms with Crippen LogP contribution in [-0.2, 0) is 0 Å². The lowest BCUT2D eigenvalue weighted by Gasteiger charge is -2.28. The van der Waals surface area contributed by atoms with Crippen molar-refractivity contribution in [1.82, 2.24) is 4.90 Å². The van der Waals surface area contributed by atoms with Gasteiger partial charge in [-0.25, -0.2) is 0 Å². The molecule has 53 valence electrons. The summed E-state index contributed by atoms with van der Waals surface area (Å²) in [6.45, 7) is 3.07. The summed E-state index contributed by atoms with van der Waals surface area (Å²) in [6.07, 6.45) is 2.56. The molecule has 2 N–H and O–H groups in total. The topological polar surface area (TPSA) is 29.3 Å². The van der Waals surface area contributed by atoms with Crippen molar-refractivity contribution < 1.29 is 0 Å². The van der Waals surface area contributed by atoms with Crippen molar-refractivity contribution in [1.29, 1.82) is 0 Å². The number of piperidine rings is 1. The molecule has 1 aliphatic rings. The van der Waals surface area contributed by atoms with E-state index in [-0.39, 0.29) is 0 Å². The zero-order valence-electron chi connectivity index (χ0n) is 5.84. The summed E-state index contributed by atoms with van der Waals surface area (Å²) < 4.78 is 0. The fourth-order valence-electron chi connectivity index (χ4n) is 1.34. The van der Waals surface area contributed by atoms with E-state index in [4.69, 9.17) is 5.73 Å². The molecule has 1 aliphatic heterocycles. The van der Waals surface area contributed by atoms with Crippen LogP contribution < -0.4 is 5.73 Å². The third-order valence-corrected chi connectivity index (χ3v) is 1.94. The van der Waals surface area contributed by atoms with Gasteiger partial charge in [-0.15, -0.1) is 0 Å². The minimum atomic E-state index is 0.705. The molecule has 1 unspecified atom stereocenters. The first-order valence-corrected chi connectivity index (χ1v) is 3.58. The first kappa shape index (κ1) is 7.03. The van der Waals surface area contributed by atoms with Gasteiger partial charge < -0.3 is 10.6 Å². The molecule has 9 heavy (non-hydrogen) atoms. The van der Waals surface area contributed by atoms with E-state index in [0.29, 0.717) is 5.92 Å². The van der Waals surface area contributed by atoms with Crippen LogP contribution in [0, 0.1) is 13.0 Å². The van der Waals surface area contributed by atoms with Crippen molar-refractivity contribution >= 4 is 0 Å². The molecule has 0 saturated carbocycles. The van der Waals surface area contributed by atoms with Crippen LogP contribution in [-0.4, -0.2) is 24.5 Å². The lowest BCUT2D eigenvalue weighted by Crippen LogP contribution is -2.34. The van der Waals surface area contributed by atoms with Gasteiger partial charge in [0.15, 0.2) is 0 Å². The molecule has 0 bridgehead atoms. The Hall–Kier alpha value is -0.0800. The second-order valence-corrected chi connectivity index (χ2v) is 2.82. The maximum absolute atomic E-state index is 5.51. The van der Waals surface area contributed by atoms with E-state index in [1.807, 2.05) is 0 Å². The summed E-state index contributed by atoms with van der Waals surface area (Å²) in [4.78, 5) is 2.11. The Morgan fingerprint density at radius 2 is 2.44 bits per heavy atom. The number of nitrogens with zero attached hydrogens (tertiary/aromatic N) is 1. The normalized spacial score (nSPS) is 30.7.